The summed E-state index contributed by atoms with van der Waals surface area (Å²) in [5.74, 6) is 0. The maximum Gasteiger partial charge on any atom is 0.0682 e. The van der Waals surface area contributed by atoms with Gasteiger partial charge in [0.1, 0.15) is 0 Å². The average Bonchev–Trinajstić information content (AvgIpc) is 2.87. The van der Waals surface area contributed by atoms with Crippen LogP contribution in [0.5, 0.6) is 0 Å². The number of rotatable bonds is 3. The van der Waals surface area contributed by atoms with Gasteiger partial charge in [0.05, 0.1) is 16.9 Å². The minimum atomic E-state index is 0.0934. The molecule has 0 bridgehead atoms. The van der Waals surface area contributed by atoms with E-state index >= 15 is 0 Å². The first kappa shape index (κ1) is 13.0. The molecule has 0 amide bonds. The lowest BCUT2D eigenvalue weighted by Gasteiger charge is -2.28. The van der Waals surface area contributed by atoms with E-state index in [4.69, 9.17) is 0 Å². The van der Waals surface area contributed by atoms with Crippen LogP contribution in [-0.2, 0) is 6.61 Å². The second-order valence-corrected chi connectivity index (χ2v) is 7.51. The minimum Gasteiger partial charge on any atom is -0.392 e. The van der Waals surface area contributed by atoms with Crippen LogP contribution in [0, 0.1) is 0 Å². The molecule has 19 heavy (non-hydrogen) atoms. The van der Waals surface area contributed by atoms with Crippen molar-refractivity contribution in [2.75, 3.05) is 5.32 Å². The summed E-state index contributed by atoms with van der Waals surface area (Å²) in [6.07, 6.45) is 1.14. The third kappa shape index (κ3) is 2.81. The summed E-state index contributed by atoms with van der Waals surface area (Å²) in [5, 5.41) is 15.6. The quantitative estimate of drug-likeness (QED) is 0.885. The molecule has 1 aliphatic rings. The van der Waals surface area contributed by atoms with E-state index in [-0.39, 0.29) is 6.61 Å². The van der Waals surface area contributed by atoms with Crippen LogP contribution in [-0.4, -0.2) is 10.4 Å². The van der Waals surface area contributed by atoms with Gasteiger partial charge in [-0.25, -0.2) is 0 Å². The van der Waals surface area contributed by atoms with E-state index in [0.29, 0.717) is 11.3 Å². The molecular formula is C15H17NOS2. The number of anilines is 1. The number of benzene rings is 1. The molecule has 3 rings (SSSR count). The highest BCUT2D eigenvalue weighted by Crippen LogP contribution is 2.44. The number of nitrogens with one attached hydrogen (secondary N) is 1. The number of thiophene rings is 1. The van der Waals surface area contributed by atoms with Crippen LogP contribution in [0.2, 0.25) is 0 Å². The third-order valence-electron chi connectivity index (χ3n) is 3.36. The summed E-state index contributed by atoms with van der Waals surface area (Å²) in [6.45, 7) is 2.38. The lowest BCUT2D eigenvalue weighted by molar-refractivity contribution is 0.282. The standard InChI is InChI=1S/C15H17NOS2/c1-10-7-14(13-5-6-18-15(13)19-10)16-12-4-2-3-11(8-12)9-17/h2-6,8,10,14,16-17H,7,9H2,1H3/t10-,14?/m0/s1. The number of thioether (sulfide) groups is 1. The molecule has 0 aliphatic carbocycles. The van der Waals surface area contributed by atoms with Gasteiger partial charge in [-0.15, -0.1) is 23.1 Å². The molecule has 4 heteroatoms. The Morgan fingerprint density at radius 2 is 2.26 bits per heavy atom. The van der Waals surface area contributed by atoms with Crippen LogP contribution in [0.15, 0.2) is 39.9 Å². The molecule has 0 spiro atoms. The maximum atomic E-state index is 9.21. The van der Waals surface area contributed by atoms with Crippen molar-refractivity contribution in [3.8, 4) is 0 Å². The van der Waals surface area contributed by atoms with E-state index in [1.165, 1.54) is 9.77 Å². The predicted molar refractivity (Wildman–Crippen MR) is 83.0 cm³/mol. The molecule has 1 aliphatic heterocycles. The predicted octanol–water partition coefficient (Wildman–Crippen LogP) is 4.28. The Morgan fingerprint density at radius 1 is 1.37 bits per heavy atom. The molecular weight excluding hydrogens is 274 g/mol. The first-order chi connectivity index (χ1) is 9.26. The molecule has 2 nitrogen and oxygen atoms in total. The SMILES string of the molecule is C[C@H]1CC(Nc2cccc(CO)c2)c2ccsc2S1. The molecule has 2 aromatic rings. The number of aliphatic hydroxyl groups excluding tert-OH is 1. The molecule has 1 unspecified atom stereocenters. The van der Waals surface area contributed by atoms with Gasteiger partial charge in [0.15, 0.2) is 0 Å². The topological polar surface area (TPSA) is 32.3 Å². The van der Waals surface area contributed by atoms with Gasteiger partial charge in [0.2, 0.25) is 0 Å². The summed E-state index contributed by atoms with van der Waals surface area (Å²) in [6, 6.07) is 10.6. The van der Waals surface area contributed by atoms with Gasteiger partial charge >= 0.3 is 0 Å². The van der Waals surface area contributed by atoms with Crippen molar-refractivity contribution in [3.05, 3.63) is 46.8 Å². The second-order valence-electron chi connectivity index (χ2n) is 4.88. The Morgan fingerprint density at radius 3 is 3.11 bits per heavy atom. The molecule has 2 atom stereocenters. The molecule has 1 aromatic heterocycles. The van der Waals surface area contributed by atoms with Crippen LogP contribution in [0.25, 0.3) is 0 Å². The van der Waals surface area contributed by atoms with E-state index in [9.17, 15) is 5.11 Å². The summed E-state index contributed by atoms with van der Waals surface area (Å²) < 4.78 is 1.44. The van der Waals surface area contributed by atoms with Gasteiger partial charge in [-0.2, -0.15) is 0 Å². The second kappa shape index (κ2) is 5.57. The Bertz CT molecular complexity index is 567. The van der Waals surface area contributed by atoms with Crippen LogP contribution in [0.3, 0.4) is 0 Å². The zero-order chi connectivity index (χ0) is 13.2. The molecule has 0 fully saturated rings. The summed E-state index contributed by atoms with van der Waals surface area (Å²) >= 11 is 3.81. The van der Waals surface area contributed by atoms with E-state index in [0.717, 1.165) is 17.7 Å². The first-order valence-corrected chi connectivity index (χ1v) is 8.22. The van der Waals surface area contributed by atoms with Crippen molar-refractivity contribution in [2.45, 2.75) is 35.5 Å². The van der Waals surface area contributed by atoms with Gasteiger partial charge in [0.25, 0.3) is 0 Å². The summed E-state index contributed by atoms with van der Waals surface area (Å²) in [4.78, 5) is 0. The van der Waals surface area contributed by atoms with Gasteiger partial charge in [-0.3, -0.25) is 0 Å². The number of fused-ring (bicyclic) bond motifs is 1. The Balaban J connectivity index is 1.83. The summed E-state index contributed by atoms with van der Waals surface area (Å²) in [7, 11) is 0. The number of hydrogen-bond acceptors (Lipinski definition) is 4. The fourth-order valence-electron chi connectivity index (χ4n) is 2.45. The Labute approximate surface area is 121 Å². The lowest BCUT2D eigenvalue weighted by Crippen LogP contribution is -2.19. The van der Waals surface area contributed by atoms with Gasteiger partial charge in [-0.1, -0.05) is 19.1 Å². The van der Waals surface area contributed by atoms with E-state index in [1.54, 1.807) is 0 Å². The normalized spacial score (nSPS) is 22.0. The lowest BCUT2D eigenvalue weighted by atomic mass is 10.0. The molecule has 0 saturated carbocycles. The van der Waals surface area contributed by atoms with Crippen LogP contribution < -0.4 is 5.32 Å². The van der Waals surface area contributed by atoms with Crippen LogP contribution in [0.1, 0.15) is 30.5 Å². The molecule has 0 radical (unpaired) electrons. The zero-order valence-corrected chi connectivity index (χ0v) is 12.4. The van der Waals surface area contributed by atoms with E-state index < -0.39 is 0 Å². The Kier molecular flexibility index (Phi) is 3.82. The first-order valence-electron chi connectivity index (χ1n) is 6.46. The highest BCUT2D eigenvalue weighted by Gasteiger charge is 2.26. The fraction of sp³-hybridized carbons (Fsp3) is 0.333. The highest BCUT2D eigenvalue weighted by atomic mass is 32.2. The number of aliphatic hydroxyl groups is 1. The van der Waals surface area contributed by atoms with Gasteiger partial charge in [-0.05, 0) is 41.1 Å². The van der Waals surface area contributed by atoms with Crippen molar-refractivity contribution in [1.82, 2.24) is 0 Å². The number of hydrogen-bond donors (Lipinski definition) is 2. The van der Waals surface area contributed by atoms with Crippen molar-refractivity contribution >= 4 is 28.8 Å². The Hall–Kier alpha value is -0.970. The molecule has 2 heterocycles. The van der Waals surface area contributed by atoms with Crippen molar-refractivity contribution < 1.29 is 5.11 Å². The molecule has 0 saturated heterocycles. The smallest absolute Gasteiger partial charge is 0.0682 e. The largest absolute Gasteiger partial charge is 0.392 e. The van der Waals surface area contributed by atoms with Crippen molar-refractivity contribution in [1.29, 1.82) is 0 Å². The van der Waals surface area contributed by atoms with Gasteiger partial charge < -0.3 is 10.4 Å². The van der Waals surface area contributed by atoms with E-state index in [2.05, 4.69) is 29.8 Å². The van der Waals surface area contributed by atoms with Crippen LogP contribution in [0.4, 0.5) is 5.69 Å². The fourth-order valence-corrected chi connectivity index (χ4v) is 5.01. The van der Waals surface area contributed by atoms with E-state index in [1.807, 2.05) is 41.3 Å². The minimum absolute atomic E-state index is 0.0934. The van der Waals surface area contributed by atoms with Crippen LogP contribution >= 0.6 is 23.1 Å². The molecule has 100 valence electrons. The molecule has 1 aromatic carbocycles. The highest BCUT2D eigenvalue weighted by molar-refractivity contribution is 8.01. The summed E-state index contributed by atoms with van der Waals surface area (Å²) in [5.41, 5.74) is 3.46. The van der Waals surface area contributed by atoms with Crippen molar-refractivity contribution in [3.63, 3.8) is 0 Å². The maximum absolute atomic E-state index is 9.21. The van der Waals surface area contributed by atoms with Crippen molar-refractivity contribution in [2.24, 2.45) is 0 Å². The zero-order valence-electron chi connectivity index (χ0n) is 10.8. The van der Waals surface area contributed by atoms with Gasteiger partial charge in [0, 0.05) is 10.9 Å². The monoisotopic (exact) mass is 291 g/mol. The molecule has 2 N–H and O–H groups in total. The average molecular weight is 291 g/mol. The third-order valence-corrected chi connectivity index (χ3v) is 5.70.